The molecule has 13 heteroatoms. The number of nitrogens with zero attached hydrogens (tertiary/aromatic N) is 2. The number of para-hydroxylation sites is 1. The summed E-state index contributed by atoms with van der Waals surface area (Å²) in [5, 5.41) is 17.8. The van der Waals surface area contributed by atoms with Gasteiger partial charge in [0.15, 0.2) is 0 Å². The first kappa shape index (κ1) is 32.1. The SMILES string of the molecule is C[C@H](CO)N1C[C@H](C)[C@@H](CN(C)C(=O)Nc2ccccc2)Oc2ccc(NC(=O)Nc3ccc(C(F)(F)F)cc3)cc2C1=O. The number of likely N-dealkylation sites (N-methyl/N-ethyl adjacent to an activating group) is 1. The number of urea groups is 2. The number of hydrogen-bond acceptors (Lipinski definition) is 5. The molecule has 4 rings (SSSR count). The summed E-state index contributed by atoms with van der Waals surface area (Å²) in [6.07, 6.45) is -5.04. The molecule has 0 radical (unpaired) electrons. The zero-order chi connectivity index (χ0) is 32.0. The lowest BCUT2D eigenvalue weighted by atomic mass is 9.99. The van der Waals surface area contributed by atoms with Crippen LogP contribution in [0.1, 0.15) is 29.8 Å². The maximum atomic E-state index is 13.7. The minimum absolute atomic E-state index is 0.130. The van der Waals surface area contributed by atoms with Crippen molar-refractivity contribution in [3.63, 3.8) is 0 Å². The number of fused-ring (bicyclic) bond motifs is 1. The van der Waals surface area contributed by atoms with Crippen molar-refractivity contribution in [2.45, 2.75) is 32.2 Å². The second-order valence-corrected chi connectivity index (χ2v) is 10.7. The van der Waals surface area contributed by atoms with Gasteiger partial charge in [0, 0.05) is 36.6 Å². The van der Waals surface area contributed by atoms with Gasteiger partial charge in [0.2, 0.25) is 0 Å². The van der Waals surface area contributed by atoms with Gasteiger partial charge in [-0.3, -0.25) is 4.79 Å². The van der Waals surface area contributed by atoms with Crippen LogP contribution in [0.4, 0.5) is 39.8 Å². The van der Waals surface area contributed by atoms with Gasteiger partial charge in [-0.1, -0.05) is 25.1 Å². The molecule has 0 fully saturated rings. The number of aliphatic hydroxyl groups is 1. The molecule has 4 N–H and O–H groups in total. The number of nitrogens with one attached hydrogen (secondary N) is 3. The molecule has 1 aliphatic rings. The minimum atomic E-state index is -4.50. The average molecular weight is 614 g/mol. The monoisotopic (exact) mass is 613 g/mol. The van der Waals surface area contributed by atoms with E-state index in [4.69, 9.17) is 4.74 Å². The highest BCUT2D eigenvalue weighted by Crippen LogP contribution is 2.32. The third kappa shape index (κ3) is 7.98. The fourth-order valence-electron chi connectivity index (χ4n) is 4.65. The number of hydrogen-bond donors (Lipinski definition) is 4. The van der Waals surface area contributed by atoms with E-state index in [9.17, 15) is 32.7 Å². The van der Waals surface area contributed by atoms with Crippen LogP contribution in [0.2, 0.25) is 0 Å². The quantitative estimate of drug-likeness (QED) is 0.271. The van der Waals surface area contributed by atoms with Crippen molar-refractivity contribution in [3.05, 3.63) is 83.9 Å². The van der Waals surface area contributed by atoms with E-state index in [1.807, 2.05) is 25.1 Å². The summed E-state index contributed by atoms with van der Waals surface area (Å²) in [6.45, 7) is 3.73. The first-order valence-corrected chi connectivity index (χ1v) is 13.9. The molecule has 234 valence electrons. The Morgan fingerprint density at radius 3 is 2.25 bits per heavy atom. The van der Waals surface area contributed by atoms with Crippen LogP contribution in [-0.2, 0) is 6.18 Å². The summed E-state index contributed by atoms with van der Waals surface area (Å²) in [5.74, 6) is -0.429. The van der Waals surface area contributed by atoms with E-state index >= 15 is 0 Å². The van der Waals surface area contributed by atoms with Crippen LogP contribution in [0.15, 0.2) is 72.8 Å². The molecular weight excluding hydrogens is 579 g/mol. The summed E-state index contributed by atoms with van der Waals surface area (Å²) in [7, 11) is 1.63. The largest absolute Gasteiger partial charge is 0.487 e. The molecular formula is C31H34F3N5O5. The number of anilines is 3. The van der Waals surface area contributed by atoms with E-state index in [1.165, 1.54) is 28.0 Å². The van der Waals surface area contributed by atoms with Crippen LogP contribution in [0, 0.1) is 5.92 Å². The molecule has 1 aliphatic heterocycles. The van der Waals surface area contributed by atoms with Crippen molar-refractivity contribution in [2.24, 2.45) is 5.92 Å². The number of carbonyl (C=O) groups excluding carboxylic acids is 3. The lowest BCUT2D eigenvalue weighted by molar-refractivity contribution is -0.137. The van der Waals surface area contributed by atoms with E-state index in [-0.39, 0.29) is 54.3 Å². The summed E-state index contributed by atoms with van der Waals surface area (Å²) in [5.41, 5.74) is 0.289. The van der Waals surface area contributed by atoms with Gasteiger partial charge >= 0.3 is 18.2 Å². The van der Waals surface area contributed by atoms with Crippen LogP contribution in [0.25, 0.3) is 0 Å². The molecule has 10 nitrogen and oxygen atoms in total. The van der Waals surface area contributed by atoms with Gasteiger partial charge < -0.3 is 35.6 Å². The van der Waals surface area contributed by atoms with Crippen LogP contribution in [0.3, 0.4) is 0 Å². The summed E-state index contributed by atoms with van der Waals surface area (Å²) in [6, 6.07) is 15.8. The van der Waals surface area contributed by atoms with E-state index in [0.717, 1.165) is 24.3 Å². The van der Waals surface area contributed by atoms with Gasteiger partial charge in [-0.25, -0.2) is 9.59 Å². The zero-order valence-corrected chi connectivity index (χ0v) is 24.4. The molecule has 0 saturated heterocycles. The highest BCUT2D eigenvalue weighted by molar-refractivity contribution is 6.02. The molecule has 3 atom stereocenters. The van der Waals surface area contributed by atoms with E-state index in [0.29, 0.717) is 5.69 Å². The Labute approximate surface area is 252 Å². The van der Waals surface area contributed by atoms with Crippen molar-refractivity contribution in [3.8, 4) is 5.75 Å². The predicted octanol–water partition coefficient (Wildman–Crippen LogP) is 5.73. The fourth-order valence-corrected chi connectivity index (χ4v) is 4.65. The topological polar surface area (TPSA) is 123 Å². The summed E-state index contributed by atoms with van der Waals surface area (Å²) < 4.78 is 44.8. The Bertz CT molecular complexity index is 1470. The summed E-state index contributed by atoms with van der Waals surface area (Å²) in [4.78, 5) is 42.2. The number of alkyl halides is 3. The van der Waals surface area contributed by atoms with Crippen LogP contribution >= 0.6 is 0 Å². The summed E-state index contributed by atoms with van der Waals surface area (Å²) >= 11 is 0. The molecule has 0 saturated carbocycles. The van der Waals surface area contributed by atoms with Crippen LogP contribution in [-0.4, -0.2) is 71.8 Å². The van der Waals surface area contributed by atoms with Gasteiger partial charge in [-0.05, 0) is 61.5 Å². The number of aliphatic hydroxyl groups excluding tert-OH is 1. The predicted molar refractivity (Wildman–Crippen MR) is 160 cm³/mol. The van der Waals surface area contributed by atoms with E-state index in [1.54, 1.807) is 26.1 Å². The second kappa shape index (κ2) is 13.7. The van der Waals surface area contributed by atoms with Crippen LogP contribution in [0.5, 0.6) is 5.75 Å². The Balaban J connectivity index is 1.53. The first-order chi connectivity index (χ1) is 20.8. The Hall–Kier alpha value is -4.78. The number of amides is 5. The number of carbonyl (C=O) groups is 3. The zero-order valence-electron chi connectivity index (χ0n) is 24.4. The van der Waals surface area contributed by atoms with Crippen molar-refractivity contribution < 1.29 is 37.4 Å². The molecule has 5 amide bonds. The molecule has 3 aromatic rings. The third-order valence-corrected chi connectivity index (χ3v) is 7.22. The Kier molecular flexibility index (Phi) is 9.99. The van der Waals surface area contributed by atoms with Crippen molar-refractivity contribution in [1.82, 2.24) is 9.80 Å². The van der Waals surface area contributed by atoms with Gasteiger partial charge in [0.05, 0.1) is 30.3 Å². The van der Waals surface area contributed by atoms with Crippen molar-refractivity contribution >= 4 is 35.0 Å². The van der Waals surface area contributed by atoms with Gasteiger partial charge in [-0.15, -0.1) is 0 Å². The average Bonchev–Trinajstić information content (AvgIpc) is 2.99. The Morgan fingerprint density at radius 2 is 1.61 bits per heavy atom. The van der Waals surface area contributed by atoms with Crippen molar-refractivity contribution in [1.29, 1.82) is 0 Å². The maximum absolute atomic E-state index is 13.7. The normalized spacial score (nSPS) is 17.3. The number of halogens is 3. The number of ether oxygens (including phenoxy) is 1. The fraction of sp³-hybridized carbons (Fsp3) is 0.323. The minimum Gasteiger partial charge on any atom is -0.487 e. The third-order valence-electron chi connectivity index (χ3n) is 7.22. The van der Waals surface area contributed by atoms with Crippen LogP contribution < -0.4 is 20.7 Å². The Morgan fingerprint density at radius 1 is 1.00 bits per heavy atom. The highest BCUT2D eigenvalue weighted by atomic mass is 19.4. The molecule has 3 aromatic carbocycles. The first-order valence-electron chi connectivity index (χ1n) is 13.9. The molecule has 1 heterocycles. The molecule has 44 heavy (non-hydrogen) atoms. The molecule has 0 spiro atoms. The lowest BCUT2D eigenvalue weighted by Gasteiger charge is -2.38. The number of benzene rings is 3. The second-order valence-electron chi connectivity index (χ2n) is 10.7. The molecule has 0 aliphatic carbocycles. The van der Waals surface area contributed by atoms with Gasteiger partial charge in [-0.2, -0.15) is 13.2 Å². The molecule has 0 unspecified atom stereocenters. The van der Waals surface area contributed by atoms with Gasteiger partial charge in [0.1, 0.15) is 11.9 Å². The van der Waals surface area contributed by atoms with E-state index in [2.05, 4.69) is 16.0 Å². The number of rotatable bonds is 7. The highest BCUT2D eigenvalue weighted by Gasteiger charge is 2.34. The van der Waals surface area contributed by atoms with Gasteiger partial charge in [0.25, 0.3) is 5.91 Å². The lowest BCUT2D eigenvalue weighted by Crippen LogP contribution is -2.50. The maximum Gasteiger partial charge on any atom is 0.416 e. The van der Waals surface area contributed by atoms with E-state index < -0.39 is 35.8 Å². The molecule has 0 bridgehead atoms. The molecule has 0 aromatic heterocycles. The van der Waals surface area contributed by atoms with Crippen molar-refractivity contribution in [2.75, 3.05) is 42.7 Å². The smallest absolute Gasteiger partial charge is 0.416 e. The standard InChI is InChI=1S/C31H34F3N5O5/c1-19-16-39(20(2)18-40)28(41)25-15-24(36-29(42)35-23-11-9-21(10-12-23)31(32,33)34)13-14-26(25)44-27(19)17-38(3)30(43)37-22-7-5-4-6-8-22/h4-15,19-20,27,40H,16-18H2,1-3H3,(H,37,43)(H2,35,36,42)/t19-,20+,27+/m0/s1.